The molecule has 0 unspecified atom stereocenters. The van der Waals surface area contributed by atoms with Crippen LogP contribution in [-0.2, 0) is 20.7 Å². The van der Waals surface area contributed by atoms with Crippen molar-refractivity contribution in [3.63, 3.8) is 0 Å². The summed E-state index contributed by atoms with van der Waals surface area (Å²) in [6, 6.07) is 9.82. The standard InChI is InChI=1S/C23H22N4O4/c1-13-10-18(26-31-13)27-12-23-8-6-17(30-23)19(20(23)22(27)29)21(28)24-9-7-14-11-25-16-5-3-2-4-15(14)16/h2-6,8,10-11,17,19-20,25H,7,9,12H2,1H3,(H,24,28)/t17-,19-,20+,23+/m1/s1. The average molecular weight is 418 g/mol. The Hall–Kier alpha value is -3.39. The van der Waals surface area contributed by atoms with Crippen molar-refractivity contribution in [2.24, 2.45) is 11.8 Å². The molecule has 2 aromatic heterocycles. The number of anilines is 1. The summed E-state index contributed by atoms with van der Waals surface area (Å²) in [7, 11) is 0. The summed E-state index contributed by atoms with van der Waals surface area (Å²) in [4.78, 5) is 31.2. The second-order valence-electron chi connectivity index (χ2n) is 8.52. The highest BCUT2D eigenvalue weighted by Gasteiger charge is 2.67. The Kier molecular flexibility index (Phi) is 3.89. The van der Waals surface area contributed by atoms with Crippen LogP contribution >= 0.6 is 0 Å². The van der Waals surface area contributed by atoms with Gasteiger partial charge >= 0.3 is 0 Å². The minimum absolute atomic E-state index is 0.142. The molecule has 31 heavy (non-hydrogen) atoms. The number of hydrogen-bond donors (Lipinski definition) is 2. The van der Waals surface area contributed by atoms with Crippen LogP contribution in [0.25, 0.3) is 10.9 Å². The molecule has 3 aliphatic heterocycles. The third kappa shape index (κ3) is 2.68. The second kappa shape index (κ2) is 6.55. The van der Waals surface area contributed by atoms with Crippen LogP contribution in [0.15, 0.2) is 53.2 Å². The highest BCUT2D eigenvalue weighted by Crippen LogP contribution is 2.52. The van der Waals surface area contributed by atoms with E-state index in [4.69, 9.17) is 9.26 Å². The molecule has 0 radical (unpaired) electrons. The quantitative estimate of drug-likeness (QED) is 0.618. The Bertz CT molecular complexity index is 1230. The molecule has 2 fully saturated rings. The van der Waals surface area contributed by atoms with E-state index in [0.717, 1.165) is 16.5 Å². The number of aryl methyl sites for hydroxylation is 1. The van der Waals surface area contributed by atoms with Crippen molar-refractivity contribution < 1.29 is 18.8 Å². The smallest absolute Gasteiger partial charge is 0.235 e. The first-order chi connectivity index (χ1) is 15.1. The molecule has 3 aliphatic rings. The molecule has 4 atom stereocenters. The minimum atomic E-state index is -0.770. The summed E-state index contributed by atoms with van der Waals surface area (Å²) in [5, 5.41) is 8.16. The van der Waals surface area contributed by atoms with E-state index in [1.165, 1.54) is 0 Å². The van der Waals surface area contributed by atoms with Crippen LogP contribution in [0.2, 0.25) is 0 Å². The molecule has 5 heterocycles. The van der Waals surface area contributed by atoms with E-state index in [0.29, 0.717) is 31.1 Å². The average Bonchev–Trinajstić information content (AvgIpc) is 3.56. The maximum atomic E-state index is 13.2. The Morgan fingerprint density at radius 3 is 3.10 bits per heavy atom. The maximum Gasteiger partial charge on any atom is 0.235 e. The molecule has 0 saturated carbocycles. The van der Waals surface area contributed by atoms with Gasteiger partial charge in [0.05, 0.1) is 24.5 Å². The van der Waals surface area contributed by atoms with E-state index < -0.39 is 17.4 Å². The molecule has 2 amide bonds. The van der Waals surface area contributed by atoms with E-state index in [1.54, 1.807) is 17.9 Å². The summed E-state index contributed by atoms with van der Waals surface area (Å²) in [5.74, 6) is -0.287. The number of ether oxygens (including phenoxy) is 1. The lowest BCUT2D eigenvalue weighted by atomic mass is 9.77. The Morgan fingerprint density at radius 2 is 2.26 bits per heavy atom. The van der Waals surface area contributed by atoms with Crippen molar-refractivity contribution in [3.8, 4) is 0 Å². The monoisotopic (exact) mass is 418 g/mol. The number of amides is 2. The molecule has 6 rings (SSSR count). The minimum Gasteiger partial charge on any atom is -0.361 e. The number of nitrogens with one attached hydrogen (secondary N) is 2. The number of hydrogen-bond acceptors (Lipinski definition) is 5. The molecular formula is C23H22N4O4. The first-order valence-corrected chi connectivity index (χ1v) is 10.5. The van der Waals surface area contributed by atoms with Gasteiger partial charge in [-0.15, -0.1) is 0 Å². The second-order valence-corrected chi connectivity index (χ2v) is 8.52. The van der Waals surface area contributed by atoms with Crippen molar-refractivity contribution in [2.45, 2.75) is 25.0 Å². The van der Waals surface area contributed by atoms with Crippen LogP contribution in [0.3, 0.4) is 0 Å². The summed E-state index contributed by atoms with van der Waals surface area (Å²) in [5.41, 5.74) is 1.46. The molecule has 2 bridgehead atoms. The number of carbonyl (C=O) groups excluding carboxylic acids is 2. The number of para-hydroxylation sites is 1. The first kappa shape index (κ1) is 18.4. The summed E-state index contributed by atoms with van der Waals surface area (Å²) in [6.45, 7) is 2.62. The van der Waals surface area contributed by atoms with Crippen LogP contribution in [0.5, 0.6) is 0 Å². The predicted octanol–water partition coefficient (Wildman–Crippen LogP) is 2.11. The number of rotatable bonds is 5. The largest absolute Gasteiger partial charge is 0.361 e. The van der Waals surface area contributed by atoms with Gasteiger partial charge in [-0.1, -0.05) is 35.5 Å². The van der Waals surface area contributed by atoms with Gasteiger partial charge in [-0.05, 0) is 25.0 Å². The number of H-pyrrole nitrogens is 1. The van der Waals surface area contributed by atoms with Crippen LogP contribution in [0.1, 0.15) is 11.3 Å². The number of nitrogens with zero attached hydrogens (tertiary/aromatic N) is 2. The number of fused-ring (bicyclic) bond motifs is 2. The van der Waals surface area contributed by atoms with Gasteiger partial charge < -0.3 is 19.6 Å². The summed E-state index contributed by atoms with van der Waals surface area (Å²) < 4.78 is 11.3. The Morgan fingerprint density at radius 1 is 1.39 bits per heavy atom. The summed E-state index contributed by atoms with van der Waals surface area (Å²) >= 11 is 0. The SMILES string of the molecule is Cc1cc(N2C[C@]34C=C[C@@H](O3)[C@@H](C(=O)NCCc3c[nH]c5ccccc35)[C@H]4C2=O)no1. The highest BCUT2D eigenvalue weighted by molar-refractivity contribution is 6.02. The van der Waals surface area contributed by atoms with E-state index >= 15 is 0 Å². The van der Waals surface area contributed by atoms with Crippen LogP contribution in [-0.4, -0.2) is 46.7 Å². The third-order valence-electron chi connectivity index (χ3n) is 6.66. The lowest BCUT2D eigenvalue weighted by Crippen LogP contribution is -2.44. The number of benzene rings is 1. The fourth-order valence-corrected chi connectivity index (χ4v) is 5.25. The van der Waals surface area contributed by atoms with E-state index in [2.05, 4.69) is 21.5 Å². The van der Waals surface area contributed by atoms with E-state index in [-0.39, 0.29) is 17.9 Å². The maximum absolute atomic E-state index is 13.2. The Labute approximate surface area is 178 Å². The zero-order chi connectivity index (χ0) is 21.2. The van der Waals surface area contributed by atoms with Gasteiger partial charge in [0.15, 0.2) is 5.82 Å². The molecule has 8 heteroatoms. The van der Waals surface area contributed by atoms with Crippen molar-refractivity contribution in [3.05, 3.63) is 60.0 Å². The molecule has 158 valence electrons. The summed E-state index contributed by atoms with van der Waals surface area (Å²) in [6.07, 6.45) is 6.16. The van der Waals surface area contributed by atoms with E-state index in [9.17, 15) is 9.59 Å². The van der Waals surface area contributed by atoms with Crippen molar-refractivity contribution >= 4 is 28.5 Å². The van der Waals surface area contributed by atoms with E-state index in [1.807, 2.05) is 36.5 Å². The molecule has 8 nitrogen and oxygen atoms in total. The first-order valence-electron chi connectivity index (χ1n) is 10.5. The van der Waals surface area contributed by atoms with Crippen LogP contribution in [0, 0.1) is 18.8 Å². The lowest BCUT2D eigenvalue weighted by molar-refractivity contribution is -0.131. The fourth-order valence-electron chi connectivity index (χ4n) is 5.25. The highest BCUT2D eigenvalue weighted by atomic mass is 16.5. The molecular weight excluding hydrogens is 396 g/mol. The molecule has 1 spiro atoms. The van der Waals surface area contributed by atoms with Crippen molar-refractivity contribution in [1.29, 1.82) is 0 Å². The molecule has 0 aliphatic carbocycles. The number of carbonyl (C=O) groups is 2. The van der Waals surface area contributed by atoms with Gasteiger partial charge in [0, 0.05) is 29.7 Å². The van der Waals surface area contributed by atoms with Crippen LogP contribution in [0.4, 0.5) is 5.82 Å². The molecule has 2 saturated heterocycles. The zero-order valence-electron chi connectivity index (χ0n) is 17.0. The Balaban J connectivity index is 1.18. The third-order valence-corrected chi connectivity index (χ3v) is 6.66. The fraction of sp³-hybridized carbons (Fsp3) is 0.348. The van der Waals surface area contributed by atoms with Gasteiger partial charge in [-0.2, -0.15) is 0 Å². The topological polar surface area (TPSA) is 100 Å². The molecule has 1 aromatic carbocycles. The van der Waals surface area contributed by atoms with Gasteiger partial charge in [-0.3, -0.25) is 14.5 Å². The number of aromatic nitrogens is 2. The number of aromatic amines is 1. The van der Waals surface area contributed by atoms with Crippen LogP contribution < -0.4 is 10.2 Å². The van der Waals surface area contributed by atoms with Gasteiger partial charge in [0.1, 0.15) is 11.4 Å². The zero-order valence-corrected chi connectivity index (χ0v) is 17.0. The van der Waals surface area contributed by atoms with Crippen molar-refractivity contribution in [2.75, 3.05) is 18.0 Å². The molecule has 2 N–H and O–H groups in total. The molecule has 3 aromatic rings. The van der Waals surface area contributed by atoms with Gasteiger partial charge in [0.2, 0.25) is 11.8 Å². The van der Waals surface area contributed by atoms with Crippen molar-refractivity contribution in [1.82, 2.24) is 15.5 Å². The predicted molar refractivity (Wildman–Crippen MR) is 112 cm³/mol. The normalized spacial score (nSPS) is 28.6. The van der Waals surface area contributed by atoms with Gasteiger partial charge in [0.25, 0.3) is 0 Å². The van der Waals surface area contributed by atoms with Gasteiger partial charge in [-0.25, -0.2) is 0 Å². The lowest BCUT2D eigenvalue weighted by Gasteiger charge is -2.23.